The van der Waals surface area contributed by atoms with E-state index in [2.05, 4.69) is 4.98 Å². The molecule has 0 amide bonds. The maximum absolute atomic E-state index is 12.5. The largest absolute Gasteiger partial charge is 0.456 e. The number of esters is 1. The van der Waals surface area contributed by atoms with Gasteiger partial charge in [0.2, 0.25) is 0 Å². The second-order valence-corrected chi connectivity index (χ2v) is 6.21. The van der Waals surface area contributed by atoms with Gasteiger partial charge in [-0.1, -0.05) is 11.6 Å². The second-order valence-electron chi connectivity index (χ2n) is 5.77. The van der Waals surface area contributed by atoms with Crippen LogP contribution < -0.4 is 10.2 Å². The van der Waals surface area contributed by atoms with Crippen molar-refractivity contribution in [2.24, 2.45) is 0 Å². The molecule has 6 heteroatoms. The maximum atomic E-state index is 12.5. The number of benzene rings is 2. The van der Waals surface area contributed by atoms with Crippen LogP contribution in [0.15, 0.2) is 82.3 Å². The lowest BCUT2D eigenvalue weighted by Crippen LogP contribution is -2.09. The van der Waals surface area contributed by atoms with Crippen molar-refractivity contribution in [3.05, 3.63) is 93.9 Å². The first-order valence-electron chi connectivity index (χ1n) is 8.06. The third-order valence-corrected chi connectivity index (χ3v) is 4.19. The lowest BCUT2D eigenvalue weighted by Gasteiger charge is -2.06. The molecule has 0 N–H and O–H groups in total. The average molecular weight is 378 g/mol. The number of nitrogens with zero attached hydrogens (tertiary/aromatic N) is 1. The van der Waals surface area contributed by atoms with Crippen LogP contribution in [0.1, 0.15) is 10.4 Å². The van der Waals surface area contributed by atoms with Crippen molar-refractivity contribution in [1.82, 2.24) is 4.98 Å². The highest BCUT2D eigenvalue weighted by Crippen LogP contribution is 2.26. The molecular formula is C21H12ClNO4. The van der Waals surface area contributed by atoms with Crippen LogP contribution in [0.4, 0.5) is 0 Å². The molecule has 0 saturated heterocycles. The number of hydrogen-bond donors (Lipinski definition) is 0. The number of carbonyl (C=O) groups excluding carboxylic acids is 1. The zero-order chi connectivity index (χ0) is 18.8. The van der Waals surface area contributed by atoms with Gasteiger partial charge in [-0.3, -0.25) is 9.78 Å². The number of rotatable bonds is 3. The van der Waals surface area contributed by atoms with Crippen LogP contribution in [-0.4, -0.2) is 11.0 Å². The zero-order valence-electron chi connectivity index (χ0n) is 13.9. The van der Waals surface area contributed by atoms with E-state index >= 15 is 0 Å². The molecule has 0 bridgehead atoms. The highest BCUT2D eigenvalue weighted by atomic mass is 35.5. The summed E-state index contributed by atoms with van der Waals surface area (Å²) >= 11 is 5.89. The predicted octanol–water partition coefficient (Wildman–Crippen LogP) is 4.73. The van der Waals surface area contributed by atoms with Crippen LogP contribution >= 0.6 is 11.6 Å². The minimum Gasteiger partial charge on any atom is -0.456 e. The van der Waals surface area contributed by atoms with Gasteiger partial charge in [-0.15, -0.1) is 0 Å². The second kappa shape index (κ2) is 7.05. The predicted molar refractivity (Wildman–Crippen MR) is 102 cm³/mol. The smallest absolute Gasteiger partial charge is 0.345 e. The van der Waals surface area contributed by atoms with E-state index in [4.69, 9.17) is 20.8 Å². The van der Waals surface area contributed by atoms with Crippen molar-refractivity contribution in [3.63, 3.8) is 0 Å². The number of pyridine rings is 1. The average Bonchev–Trinajstić information content (AvgIpc) is 2.69. The fourth-order valence-electron chi connectivity index (χ4n) is 2.60. The van der Waals surface area contributed by atoms with Crippen molar-refractivity contribution >= 4 is 28.5 Å². The number of hydrogen-bond acceptors (Lipinski definition) is 5. The first kappa shape index (κ1) is 17.0. The van der Waals surface area contributed by atoms with Crippen molar-refractivity contribution in [2.75, 3.05) is 0 Å². The van der Waals surface area contributed by atoms with Gasteiger partial charge in [-0.2, -0.15) is 0 Å². The van der Waals surface area contributed by atoms with Crippen LogP contribution in [0.2, 0.25) is 5.02 Å². The van der Waals surface area contributed by atoms with Gasteiger partial charge in [0.25, 0.3) is 0 Å². The van der Waals surface area contributed by atoms with Crippen LogP contribution in [0.3, 0.4) is 0 Å². The normalized spacial score (nSPS) is 10.7. The SMILES string of the molecule is O=C(Oc1ccc2oc(-c3ccc(Cl)cc3)cc(=O)c2c1)c1cccnc1. The van der Waals surface area contributed by atoms with Crippen molar-refractivity contribution in [2.45, 2.75) is 0 Å². The Kier molecular flexibility index (Phi) is 4.44. The van der Waals surface area contributed by atoms with Crippen LogP contribution in [0, 0.1) is 0 Å². The summed E-state index contributed by atoms with van der Waals surface area (Å²) in [4.78, 5) is 28.5. The van der Waals surface area contributed by atoms with Crippen molar-refractivity contribution in [3.8, 4) is 17.1 Å². The van der Waals surface area contributed by atoms with Crippen molar-refractivity contribution < 1.29 is 13.9 Å². The molecule has 0 radical (unpaired) electrons. The Labute approximate surface area is 158 Å². The topological polar surface area (TPSA) is 69.4 Å². The number of fused-ring (bicyclic) bond motifs is 1. The molecule has 0 saturated carbocycles. The molecular weight excluding hydrogens is 366 g/mol. The highest BCUT2D eigenvalue weighted by Gasteiger charge is 2.12. The third-order valence-electron chi connectivity index (χ3n) is 3.94. The molecule has 0 aliphatic carbocycles. The molecule has 2 heterocycles. The van der Waals surface area contributed by atoms with E-state index < -0.39 is 5.97 Å². The Balaban J connectivity index is 1.68. The molecule has 2 aromatic heterocycles. The quantitative estimate of drug-likeness (QED) is 0.381. The minimum atomic E-state index is -0.551. The summed E-state index contributed by atoms with van der Waals surface area (Å²) in [5.74, 6) is 0.136. The number of aromatic nitrogens is 1. The first-order valence-corrected chi connectivity index (χ1v) is 8.44. The van der Waals surface area contributed by atoms with Crippen LogP contribution in [0.25, 0.3) is 22.3 Å². The highest BCUT2D eigenvalue weighted by molar-refractivity contribution is 6.30. The molecule has 2 aromatic carbocycles. The van der Waals surface area contributed by atoms with Gasteiger partial charge in [0.1, 0.15) is 17.1 Å². The third kappa shape index (κ3) is 3.59. The Morgan fingerprint density at radius 2 is 1.85 bits per heavy atom. The molecule has 0 fully saturated rings. The van der Waals surface area contributed by atoms with Gasteiger partial charge >= 0.3 is 5.97 Å². The summed E-state index contributed by atoms with van der Waals surface area (Å²) in [6, 6.07) is 16.3. The van der Waals surface area contributed by atoms with Crippen molar-refractivity contribution in [1.29, 1.82) is 0 Å². The first-order chi connectivity index (χ1) is 13.1. The Morgan fingerprint density at radius 1 is 1.04 bits per heavy atom. The van der Waals surface area contributed by atoms with Crippen LogP contribution in [-0.2, 0) is 0 Å². The summed E-state index contributed by atoms with van der Waals surface area (Å²) in [7, 11) is 0. The molecule has 0 unspecified atom stereocenters. The standard InChI is InChI=1S/C21H12ClNO4/c22-15-5-3-13(4-6-15)20-11-18(24)17-10-16(7-8-19(17)27-20)26-21(25)14-2-1-9-23-12-14/h1-12H. The van der Waals surface area contributed by atoms with E-state index in [9.17, 15) is 9.59 Å². The van der Waals surface area contributed by atoms with Gasteiger partial charge in [0.05, 0.1) is 10.9 Å². The molecule has 4 aromatic rings. The summed E-state index contributed by atoms with van der Waals surface area (Å²) in [5, 5.41) is 0.922. The van der Waals surface area contributed by atoms with Gasteiger partial charge in [0, 0.05) is 29.0 Å². The molecule has 27 heavy (non-hydrogen) atoms. The maximum Gasteiger partial charge on any atom is 0.345 e. The lowest BCUT2D eigenvalue weighted by molar-refractivity contribution is 0.0734. The Hall–Kier alpha value is -3.44. The molecule has 4 rings (SSSR count). The fraction of sp³-hybridized carbons (Fsp3) is 0. The van der Waals surface area contributed by atoms with E-state index in [1.807, 2.05) is 0 Å². The number of carbonyl (C=O) groups is 1. The Bertz CT molecular complexity index is 1180. The monoisotopic (exact) mass is 377 g/mol. The molecule has 5 nitrogen and oxygen atoms in total. The van der Waals surface area contributed by atoms with E-state index in [0.717, 1.165) is 5.56 Å². The molecule has 0 aliphatic rings. The molecule has 0 spiro atoms. The van der Waals surface area contributed by atoms with Gasteiger partial charge in [0.15, 0.2) is 5.43 Å². The number of ether oxygens (including phenoxy) is 1. The lowest BCUT2D eigenvalue weighted by atomic mass is 10.1. The zero-order valence-corrected chi connectivity index (χ0v) is 14.6. The van der Waals surface area contributed by atoms with Gasteiger partial charge in [-0.05, 0) is 54.6 Å². The van der Waals surface area contributed by atoms with Crippen LogP contribution in [0.5, 0.6) is 5.75 Å². The summed E-state index contributed by atoms with van der Waals surface area (Å²) in [6.45, 7) is 0. The summed E-state index contributed by atoms with van der Waals surface area (Å²) in [5.41, 5.74) is 1.22. The molecule has 132 valence electrons. The molecule has 0 aliphatic heterocycles. The fourth-order valence-corrected chi connectivity index (χ4v) is 2.73. The van der Waals surface area contributed by atoms with E-state index in [0.29, 0.717) is 27.3 Å². The van der Waals surface area contributed by atoms with Gasteiger partial charge < -0.3 is 9.15 Å². The number of halogens is 1. The molecule has 0 atom stereocenters. The summed E-state index contributed by atoms with van der Waals surface area (Å²) in [6.07, 6.45) is 2.98. The minimum absolute atomic E-state index is 0.236. The summed E-state index contributed by atoms with van der Waals surface area (Å²) < 4.78 is 11.1. The Morgan fingerprint density at radius 3 is 2.59 bits per heavy atom. The van der Waals surface area contributed by atoms with Gasteiger partial charge in [-0.25, -0.2) is 4.79 Å². The van der Waals surface area contributed by atoms with E-state index in [-0.39, 0.29) is 11.2 Å². The van der Waals surface area contributed by atoms with E-state index in [1.165, 1.54) is 18.3 Å². The van der Waals surface area contributed by atoms with E-state index in [1.54, 1.807) is 54.7 Å².